The van der Waals surface area contributed by atoms with Gasteiger partial charge in [-0.15, -0.1) is 18.3 Å². The average Bonchev–Trinajstić information content (AvgIpc) is 3.30. The van der Waals surface area contributed by atoms with Gasteiger partial charge in [-0.3, -0.25) is 0 Å². The molecule has 188 valence electrons. The molecule has 0 radical (unpaired) electrons. The molecule has 1 unspecified atom stereocenters. The highest BCUT2D eigenvalue weighted by Gasteiger charge is 2.22. The van der Waals surface area contributed by atoms with E-state index < -0.39 is 0 Å². The van der Waals surface area contributed by atoms with Crippen LogP contribution in [0.25, 0.3) is 33.1 Å². The van der Waals surface area contributed by atoms with Crippen LogP contribution in [0.2, 0.25) is 0 Å². The maximum absolute atomic E-state index is 5.99. The third-order valence-electron chi connectivity index (χ3n) is 7.34. The molecule has 0 aliphatic carbocycles. The summed E-state index contributed by atoms with van der Waals surface area (Å²) in [4.78, 5) is 1.38. The van der Waals surface area contributed by atoms with Crippen molar-refractivity contribution in [2.24, 2.45) is 5.92 Å². The molecule has 0 saturated heterocycles. The summed E-state index contributed by atoms with van der Waals surface area (Å²) in [5, 5.41) is 6.46. The first-order chi connectivity index (χ1) is 17.9. The molecule has 0 aliphatic heterocycles. The lowest BCUT2D eigenvalue weighted by Crippen LogP contribution is -2.30. The van der Waals surface area contributed by atoms with Gasteiger partial charge in [-0.2, -0.15) is 0 Å². The molecule has 0 aliphatic rings. The zero-order chi connectivity index (χ0) is 25.9. The molecule has 3 atom stereocenters. The van der Waals surface area contributed by atoms with E-state index in [4.69, 9.17) is 4.42 Å². The topological polar surface area (TPSA) is 25.2 Å². The Labute approximate surface area is 224 Å². The van der Waals surface area contributed by atoms with Gasteiger partial charge >= 0.3 is 0 Å². The van der Waals surface area contributed by atoms with Crippen LogP contribution in [0, 0.1) is 5.92 Å². The van der Waals surface area contributed by atoms with E-state index in [1.54, 1.807) is 0 Å². The zero-order valence-electron chi connectivity index (χ0n) is 22.1. The first-order valence-electron chi connectivity index (χ1n) is 13.1. The summed E-state index contributed by atoms with van der Waals surface area (Å²) in [6, 6.07) is 32.3. The van der Waals surface area contributed by atoms with Gasteiger partial charge in [0.05, 0.1) is 0 Å². The second-order valence-electron chi connectivity index (χ2n) is 10.2. The van der Waals surface area contributed by atoms with Crippen LogP contribution in [0.1, 0.15) is 39.2 Å². The van der Waals surface area contributed by atoms with Crippen molar-refractivity contribution in [3.8, 4) is 11.1 Å². The number of fused-ring (bicyclic) bond motifs is 3. The van der Waals surface area contributed by atoms with E-state index in [2.05, 4.69) is 118 Å². The summed E-state index contributed by atoms with van der Waals surface area (Å²) >= 11 is 1.97. The maximum atomic E-state index is 5.99. The van der Waals surface area contributed by atoms with Crippen molar-refractivity contribution >= 4 is 39.4 Å². The second-order valence-corrected chi connectivity index (χ2v) is 11.6. The van der Waals surface area contributed by atoms with Crippen LogP contribution in [0.3, 0.4) is 0 Å². The van der Waals surface area contributed by atoms with Gasteiger partial charge in [-0.1, -0.05) is 88.4 Å². The van der Waals surface area contributed by atoms with Crippen molar-refractivity contribution in [2.45, 2.75) is 49.8 Å². The summed E-state index contributed by atoms with van der Waals surface area (Å²) in [5.74, 6) is 0.921. The minimum absolute atomic E-state index is 0.174. The first-order valence-corrected chi connectivity index (χ1v) is 14.0. The summed E-state index contributed by atoms with van der Waals surface area (Å²) in [6.07, 6.45) is 2.04. The normalized spacial score (nSPS) is 14.1. The molecule has 5 rings (SSSR count). The van der Waals surface area contributed by atoms with Crippen LogP contribution in [0.5, 0.6) is 0 Å². The van der Waals surface area contributed by atoms with Gasteiger partial charge in [0, 0.05) is 32.6 Å². The predicted octanol–water partition coefficient (Wildman–Crippen LogP) is 10.2. The van der Waals surface area contributed by atoms with Crippen molar-refractivity contribution in [3.05, 3.63) is 109 Å². The monoisotopic (exact) mass is 505 g/mol. The van der Waals surface area contributed by atoms with Gasteiger partial charge in [-0.25, -0.2) is 0 Å². The van der Waals surface area contributed by atoms with E-state index in [0.717, 1.165) is 27.6 Å². The van der Waals surface area contributed by atoms with Gasteiger partial charge in [0.2, 0.25) is 0 Å². The molecular formula is C34H35NOS. The highest BCUT2D eigenvalue weighted by Crippen LogP contribution is 2.36. The zero-order valence-corrected chi connectivity index (χ0v) is 22.9. The van der Waals surface area contributed by atoms with Crippen molar-refractivity contribution in [3.63, 3.8) is 0 Å². The Bertz CT molecular complexity index is 1510. The number of hydrogen-bond donors (Lipinski definition) is 1. The van der Waals surface area contributed by atoms with E-state index in [0.29, 0.717) is 17.1 Å². The number of para-hydroxylation sites is 1. The number of thioether (sulfide) groups is 1. The molecule has 0 bridgehead atoms. The van der Waals surface area contributed by atoms with Gasteiger partial charge in [-0.05, 0) is 64.9 Å². The van der Waals surface area contributed by atoms with E-state index in [1.807, 2.05) is 30.0 Å². The van der Waals surface area contributed by atoms with Crippen LogP contribution in [0.15, 0.2) is 113 Å². The molecule has 0 saturated carbocycles. The summed E-state index contributed by atoms with van der Waals surface area (Å²) in [5.41, 5.74) is 6.76. The molecule has 1 N–H and O–H groups in total. The predicted molar refractivity (Wildman–Crippen MR) is 162 cm³/mol. The number of anilines is 1. The fraction of sp³-hybridized carbons (Fsp3) is 0.235. The standard InChI is InChI=1S/C34H35NOS/c1-6-31(23(4)24(5)37-34-14-10-8-11-28(34)22(2)3)35-27-18-15-25(16-19-27)26-17-20-33-30(21-26)29-12-7-9-13-32(29)36-33/h6-24,31,35H,1H2,2-5H3/t23-,24+,31?/m1/s1. The van der Waals surface area contributed by atoms with Gasteiger partial charge in [0.1, 0.15) is 11.2 Å². The van der Waals surface area contributed by atoms with E-state index in [9.17, 15) is 0 Å². The first kappa shape index (κ1) is 25.2. The lowest BCUT2D eigenvalue weighted by molar-refractivity contribution is 0.539. The van der Waals surface area contributed by atoms with Gasteiger partial charge in [0.15, 0.2) is 0 Å². The summed E-state index contributed by atoms with van der Waals surface area (Å²) in [7, 11) is 0. The molecular weight excluding hydrogens is 470 g/mol. The third kappa shape index (κ3) is 5.33. The number of hydrogen-bond acceptors (Lipinski definition) is 3. The van der Waals surface area contributed by atoms with Crippen molar-refractivity contribution in [1.82, 2.24) is 0 Å². The highest BCUT2D eigenvalue weighted by atomic mass is 32.2. The van der Waals surface area contributed by atoms with Crippen LogP contribution >= 0.6 is 11.8 Å². The molecule has 0 amide bonds. The fourth-order valence-corrected chi connectivity index (χ4v) is 6.31. The lowest BCUT2D eigenvalue weighted by atomic mass is 9.98. The average molecular weight is 506 g/mol. The Morgan fingerprint density at radius 3 is 2.19 bits per heavy atom. The Morgan fingerprint density at radius 2 is 1.43 bits per heavy atom. The van der Waals surface area contributed by atoms with E-state index in [-0.39, 0.29) is 6.04 Å². The Balaban J connectivity index is 1.30. The Hall–Kier alpha value is -3.43. The molecule has 4 aromatic carbocycles. The van der Waals surface area contributed by atoms with Crippen LogP contribution < -0.4 is 5.32 Å². The molecule has 1 aromatic heterocycles. The largest absolute Gasteiger partial charge is 0.456 e. The van der Waals surface area contributed by atoms with Crippen LogP contribution in [-0.2, 0) is 0 Å². The lowest BCUT2D eigenvalue weighted by Gasteiger charge is -2.29. The van der Waals surface area contributed by atoms with E-state index >= 15 is 0 Å². The molecule has 0 spiro atoms. The number of benzene rings is 4. The molecule has 2 nitrogen and oxygen atoms in total. The quantitative estimate of drug-likeness (QED) is 0.159. The smallest absolute Gasteiger partial charge is 0.135 e. The number of rotatable bonds is 9. The van der Waals surface area contributed by atoms with Gasteiger partial charge in [0.25, 0.3) is 0 Å². The highest BCUT2D eigenvalue weighted by molar-refractivity contribution is 8.00. The minimum Gasteiger partial charge on any atom is -0.456 e. The molecule has 0 fully saturated rings. The van der Waals surface area contributed by atoms with Crippen LogP contribution in [-0.4, -0.2) is 11.3 Å². The molecule has 1 heterocycles. The Morgan fingerprint density at radius 1 is 0.757 bits per heavy atom. The van der Waals surface area contributed by atoms with Crippen molar-refractivity contribution < 1.29 is 4.42 Å². The molecule has 3 heteroatoms. The SMILES string of the molecule is C=CC(Nc1ccc(-c2ccc3oc4ccccc4c3c2)cc1)[C@H](C)[C@H](C)Sc1ccccc1C(C)C. The van der Waals surface area contributed by atoms with Gasteiger partial charge < -0.3 is 9.73 Å². The number of furan rings is 1. The molecule has 37 heavy (non-hydrogen) atoms. The minimum atomic E-state index is 0.174. The van der Waals surface area contributed by atoms with Crippen LogP contribution in [0.4, 0.5) is 5.69 Å². The summed E-state index contributed by atoms with van der Waals surface area (Å²) < 4.78 is 5.99. The molecule has 5 aromatic rings. The third-order valence-corrected chi connectivity index (χ3v) is 8.77. The van der Waals surface area contributed by atoms with E-state index in [1.165, 1.54) is 21.6 Å². The van der Waals surface area contributed by atoms with Crippen molar-refractivity contribution in [1.29, 1.82) is 0 Å². The second kappa shape index (κ2) is 10.9. The fourth-order valence-electron chi connectivity index (χ4n) is 4.93. The van der Waals surface area contributed by atoms with Crippen molar-refractivity contribution in [2.75, 3.05) is 5.32 Å². The maximum Gasteiger partial charge on any atom is 0.135 e. The number of nitrogens with one attached hydrogen (secondary N) is 1. The Kier molecular flexibility index (Phi) is 7.43. The summed E-state index contributed by atoms with van der Waals surface area (Å²) in [6.45, 7) is 13.3.